The molecular formula is C23H29N5O2. The van der Waals surface area contributed by atoms with E-state index in [0.29, 0.717) is 18.0 Å². The predicted octanol–water partition coefficient (Wildman–Crippen LogP) is 3.71. The highest BCUT2D eigenvalue weighted by atomic mass is 16.5. The first-order valence-corrected chi connectivity index (χ1v) is 10.6. The van der Waals surface area contributed by atoms with Gasteiger partial charge in [0, 0.05) is 37.8 Å². The lowest BCUT2D eigenvalue weighted by molar-refractivity contribution is -0.132. The summed E-state index contributed by atoms with van der Waals surface area (Å²) in [7, 11) is 1.70. The molecule has 4 rings (SSSR count). The molecule has 3 heterocycles. The third-order valence-corrected chi connectivity index (χ3v) is 6.16. The van der Waals surface area contributed by atoms with E-state index < -0.39 is 0 Å². The van der Waals surface area contributed by atoms with Gasteiger partial charge in [0.2, 0.25) is 5.91 Å². The van der Waals surface area contributed by atoms with Crippen LogP contribution in [0.1, 0.15) is 54.0 Å². The highest BCUT2D eigenvalue weighted by molar-refractivity contribution is 5.76. The lowest BCUT2D eigenvalue weighted by Gasteiger charge is -2.31. The van der Waals surface area contributed by atoms with Crippen molar-refractivity contribution in [3.63, 3.8) is 0 Å². The third-order valence-electron chi connectivity index (χ3n) is 6.16. The fourth-order valence-corrected chi connectivity index (χ4v) is 4.40. The van der Waals surface area contributed by atoms with Crippen molar-refractivity contribution in [3.8, 4) is 5.75 Å². The molecule has 1 fully saturated rings. The summed E-state index contributed by atoms with van der Waals surface area (Å²) in [4.78, 5) is 23.4. The molecule has 3 aromatic rings. The molecular weight excluding hydrogens is 378 g/mol. The van der Waals surface area contributed by atoms with Gasteiger partial charge in [0.1, 0.15) is 11.3 Å². The van der Waals surface area contributed by atoms with Crippen molar-refractivity contribution in [2.45, 2.75) is 51.9 Å². The third kappa shape index (κ3) is 4.15. The van der Waals surface area contributed by atoms with Crippen LogP contribution < -0.4 is 4.74 Å². The van der Waals surface area contributed by atoms with Gasteiger partial charge in [-0.2, -0.15) is 5.10 Å². The molecule has 158 valence electrons. The monoisotopic (exact) mass is 407 g/mol. The number of hydrogen-bond acceptors (Lipinski definition) is 5. The van der Waals surface area contributed by atoms with E-state index in [1.807, 2.05) is 4.90 Å². The quantitative estimate of drug-likeness (QED) is 0.673. The summed E-state index contributed by atoms with van der Waals surface area (Å²) in [6, 6.07) is 4.27. The number of benzene rings is 1. The summed E-state index contributed by atoms with van der Waals surface area (Å²) in [5, 5.41) is 7.36. The molecule has 1 N–H and O–H groups in total. The molecule has 1 aliphatic heterocycles. The zero-order valence-corrected chi connectivity index (χ0v) is 17.9. The highest BCUT2D eigenvalue weighted by Crippen LogP contribution is 2.30. The number of aromatic amines is 1. The second-order valence-electron chi connectivity index (χ2n) is 8.12. The Kier molecular flexibility index (Phi) is 5.97. The molecule has 0 aliphatic carbocycles. The summed E-state index contributed by atoms with van der Waals surface area (Å²) in [5.41, 5.74) is 6.23. The van der Waals surface area contributed by atoms with Gasteiger partial charge in [-0.05, 0) is 62.3 Å². The average molecular weight is 408 g/mol. The number of amides is 1. The van der Waals surface area contributed by atoms with Gasteiger partial charge in [0.15, 0.2) is 5.65 Å². The van der Waals surface area contributed by atoms with Crippen LogP contribution in [0.25, 0.3) is 11.2 Å². The maximum absolute atomic E-state index is 12.7. The Bertz CT molecular complexity index is 1040. The van der Waals surface area contributed by atoms with Crippen LogP contribution >= 0.6 is 0 Å². The fourth-order valence-electron chi connectivity index (χ4n) is 4.40. The van der Waals surface area contributed by atoms with E-state index in [-0.39, 0.29) is 5.91 Å². The van der Waals surface area contributed by atoms with Crippen molar-refractivity contribution >= 4 is 17.1 Å². The minimum absolute atomic E-state index is 0.255. The number of likely N-dealkylation sites (tertiary alicyclic amines) is 1. The zero-order chi connectivity index (χ0) is 21.1. The highest BCUT2D eigenvalue weighted by Gasteiger charge is 2.26. The first-order chi connectivity index (χ1) is 14.6. The number of H-pyrrole nitrogens is 1. The number of nitrogens with one attached hydrogen (secondary N) is 1. The zero-order valence-electron chi connectivity index (χ0n) is 17.9. The van der Waals surface area contributed by atoms with Crippen LogP contribution in [0.15, 0.2) is 24.5 Å². The largest absolute Gasteiger partial charge is 0.496 e. The molecule has 1 aromatic carbocycles. The molecule has 0 saturated carbocycles. The number of methoxy groups -OCH3 is 1. The lowest BCUT2D eigenvalue weighted by atomic mass is 9.92. The van der Waals surface area contributed by atoms with Crippen LogP contribution in [0.3, 0.4) is 0 Å². The van der Waals surface area contributed by atoms with Gasteiger partial charge >= 0.3 is 0 Å². The van der Waals surface area contributed by atoms with Crippen molar-refractivity contribution in [2.75, 3.05) is 20.2 Å². The van der Waals surface area contributed by atoms with E-state index >= 15 is 0 Å². The minimum atomic E-state index is 0.255. The molecule has 0 bridgehead atoms. The molecule has 0 unspecified atom stereocenters. The number of nitrogens with zero attached hydrogens (tertiary/aromatic N) is 4. The smallest absolute Gasteiger partial charge is 0.222 e. The van der Waals surface area contributed by atoms with Crippen molar-refractivity contribution in [2.24, 2.45) is 0 Å². The van der Waals surface area contributed by atoms with Crippen LogP contribution in [0.4, 0.5) is 0 Å². The van der Waals surface area contributed by atoms with Gasteiger partial charge < -0.3 is 9.64 Å². The average Bonchev–Trinajstić information content (AvgIpc) is 3.20. The van der Waals surface area contributed by atoms with Crippen LogP contribution in [0.5, 0.6) is 5.75 Å². The first-order valence-electron chi connectivity index (χ1n) is 10.6. The molecule has 7 heteroatoms. The first kappa shape index (κ1) is 20.3. The fraction of sp³-hybridized carbons (Fsp3) is 0.478. The van der Waals surface area contributed by atoms with Gasteiger partial charge in [0.25, 0.3) is 0 Å². The second-order valence-corrected chi connectivity index (χ2v) is 8.12. The topological polar surface area (TPSA) is 84.0 Å². The Morgan fingerprint density at radius 3 is 2.70 bits per heavy atom. The Morgan fingerprint density at radius 2 is 1.93 bits per heavy atom. The van der Waals surface area contributed by atoms with Crippen molar-refractivity contribution in [3.05, 3.63) is 46.9 Å². The Morgan fingerprint density at radius 1 is 1.17 bits per heavy atom. The lowest BCUT2D eigenvalue weighted by Crippen LogP contribution is -2.38. The maximum Gasteiger partial charge on any atom is 0.222 e. The number of aryl methyl sites for hydroxylation is 3. The summed E-state index contributed by atoms with van der Waals surface area (Å²) >= 11 is 0. The van der Waals surface area contributed by atoms with E-state index in [2.05, 4.69) is 46.1 Å². The van der Waals surface area contributed by atoms with Crippen LogP contribution in [-0.4, -0.2) is 51.2 Å². The van der Waals surface area contributed by atoms with Gasteiger partial charge in [0.05, 0.1) is 12.8 Å². The van der Waals surface area contributed by atoms with Crippen molar-refractivity contribution < 1.29 is 9.53 Å². The SMILES string of the molecule is COc1cc(C)c(CCCC(=O)N2CCC(c3[nH]nc4nccnc34)CC2)cc1C. The minimum Gasteiger partial charge on any atom is -0.496 e. The van der Waals surface area contributed by atoms with Crippen LogP contribution in [0.2, 0.25) is 0 Å². The number of aromatic nitrogens is 4. The molecule has 0 radical (unpaired) electrons. The number of carbonyl (C=O) groups is 1. The van der Waals surface area contributed by atoms with Gasteiger partial charge in [-0.25, -0.2) is 9.97 Å². The van der Waals surface area contributed by atoms with Crippen molar-refractivity contribution in [1.29, 1.82) is 0 Å². The molecule has 0 atom stereocenters. The van der Waals surface area contributed by atoms with Crippen molar-refractivity contribution in [1.82, 2.24) is 25.1 Å². The Labute approximate surface area is 176 Å². The number of rotatable bonds is 6. The van der Waals surface area contributed by atoms with Gasteiger partial charge in [-0.15, -0.1) is 0 Å². The maximum atomic E-state index is 12.7. The number of hydrogen-bond donors (Lipinski definition) is 1. The second kappa shape index (κ2) is 8.81. The Hall–Kier alpha value is -2.96. The normalized spacial score (nSPS) is 15.0. The molecule has 1 saturated heterocycles. The summed E-state index contributed by atoms with van der Waals surface area (Å²) in [6.07, 6.45) is 7.58. The summed E-state index contributed by atoms with van der Waals surface area (Å²) in [5.74, 6) is 1.53. The standard InChI is InChI=1S/C23H29N5O2/c1-15-14-19(30-3)16(2)13-18(15)5-4-6-20(29)28-11-7-17(8-12-28)21-22-23(27-26-21)25-10-9-24-22/h9-10,13-14,17H,4-8,11-12H2,1-3H3,(H,25,26,27). The molecule has 1 amide bonds. The van der Waals surface area contributed by atoms with Crippen LogP contribution in [-0.2, 0) is 11.2 Å². The number of ether oxygens (including phenoxy) is 1. The van der Waals surface area contributed by atoms with E-state index in [1.165, 1.54) is 11.1 Å². The molecule has 7 nitrogen and oxygen atoms in total. The molecule has 0 spiro atoms. The van der Waals surface area contributed by atoms with E-state index in [1.54, 1.807) is 19.5 Å². The summed E-state index contributed by atoms with van der Waals surface area (Å²) < 4.78 is 5.39. The molecule has 30 heavy (non-hydrogen) atoms. The number of piperidine rings is 1. The van der Waals surface area contributed by atoms with Crippen LogP contribution in [0, 0.1) is 13.8 Å². The van der Waals surface area contributed by atoms with Gasteiger partial charge in [-0.1, -0.05) is 6.07 Å². The predicted molar refractivity (Wildman–Crippen MR) is 116 cm³/mol. The number of carbonyl (C=O) groups excluding carboxylic acids is 1. The van der Waals surface area contributed by atoms with E-state index in [9.17, 15) is 4.79 Å². The van der Waals surface area contributed by atoms with E-state index in [4.69, 9.17) is 4.74 Å². The molecule has 2 aromatic heterocycles. The Balaban J connectivity index is 1.28. The van der Waals surface area contributed by atoms with Gasteiger partial charge in [-0.3, -0.25) is 9.89 Å². The van der Waals surface area contributed by atoms with E-state index in [0.717, 1.165) is 61.3 Å². The number of fused-ring (bicyclic) bond motifs is 1. The summed E-state index contributed by atoms with van der Waals surface area (Å²) in [6.45, 7) is 5.73. The molecule has 1 aliphatic rings.